The molecule has 1 nitrogen and oxygen atoms in total. The molecule has 1 fully saturated rings. The van der Waals surface area contributed by atoms with Crippen LogP contribution in [0.3, 0.4) is 0 Å². The van der Waals surface area contributed by atoms with E-state index in [1.807, 2.05) is 36.1 Å². The molecule has 1 atom stereocenters. The molecule has 1 aliphatic rings. The maximum Gasteiger partial charge on any atom is 0.393 e. The highest BCUT2D eigenvalue weighted by Gasteiger charge is 2.43. The van der Waals surface area contributed by atoms with E-state index in [-0.39, 0.29) is 13.0 Å². The van der Waals surface area contributed by atoms with Crippen molar-refractivity contribution in [2.24, 2.45) is 5.92 Å². The van der Waals surface area contributed by atoms with Gasteiger partial charge in [0.1, 0.15) is 0 Å². The predicted molar refractivity (Wildman–Crippen MR) is 57.6 cm³/mol. The zero-order chi connectivity index (χ0) is 11.8. The number of hydrogen-bond donors (Lipinski definition) is 0. The summed E-state index contributed by atoms with van der Waals surface area (Å²) >= 11 is 0. The van der Waals surface area contributed by atoms with Crippen LogP contribution in [0.2, 0.25) is 0 Å². The smallest absolute Gasteiger partial charge is 0.371 e. The molecule has 1 saturated heterocycles. The number of nitrogens with zero attached hydrogens (tertiary/aromatic N) is 1. The van der Waals surface area contributed by atoms with Crippen LogP contribution >= 0.6 is 0 Å². The first-order chi connectivity index (χ1) is 7.47. The van der Waals surface area contributed by atoms with Crippen LogP contribution in [-0.4, -0.2) is 19.3 Å². The van der Waals surface area contributed by atoms with Crippen molar-refractivity contribution >= 4 is 5.69 Å². The Balaban J connectivity index is 2.09. The Morgan fingerprint density at radius 1 is 1.31 bits per heavy atom. The summed E-state index contributed by atoms with van der Waals surface area (Å²) in [6, 6.07) is 7.62. The van der Waals surface area contributed by atoms with Gasteiger partial charge in [0.15, 0.2) is 0 Å². The fourth-order valence-electron chi connectivity index (χ4n) is 2.09. The summed E-state index contributed by atoms with van der Waals surface area (Å²) in [5, 5.41) is 0. The number of halogens is 3. The maximum atomic E-state index is 12.5. The molecule has 0 aliphatic carbocycles. The zero-order valence-electron chi connectivity index (χ0n) is 9.09. The lowest BCUT2D eigenvalue weighted by Crippen LogP contribution is -2.27. The Labute approximate surface area is 92.9 Å². The van der Waals surface area contributed by atoms with Gasteiger partial charge < -0.3 is 4.90 Å². The van der Waals surface area contributed by atoms with Crippen molar-refractivity contribution in [1.29, 1.82) is 0 Å². The van der Waals surface area contributed by atoms with E-state index >= 15 is 0 Å². The van der Waals surface area contributed by atoms with Crippen molar-refractivity contribution in [3.8, 4) is 0 Å². The molecule has 88 valence electrons. The average molecular weight is 229 g/mol. The Morgan fingerprint density at radius 3 is 2.62 bits per heavy atom. The lowest BCUT2D eigenvalue weighted by molar-refractivity contribution is -0.168. The molecular weight excluding hydrogens is 215 g/mol. The molecule has 1 aliphatic heterocycles. The Morgan fingerprint density at radius 2 is 2.06 bits per heavy atom. The lowest BCUT2D eigenvalue weighted by Gasteiger charge is -2.20. The predicted octanol–water partition coefficient (Wildman–Crippen LogP) is 3.38. The van der Waals surface area contributed by atoms with Gasteiger partial charge in [-0.15, -0.1) is 0 Å². The van der Waals surface area contributed by atoms with Gasteiger partial charge in [0.05, 0.1) is 5.92 Å². The van der Waals surface area contributed by atoms with E-state index in [0.29, 0.717) is 6.54 Å². The first-order valence-electron chi connectivity index (χ1n) is 5.35. The molecule has 2 rings (SSSR count). The second-order valence-corrected chi connectivity index (χ2v) is 4.31. The Bertz CT molecular complexity index is 373. The largest absolute Gasteiger partial charge is 0.393 e. The van der Waals surface area contributed by atoms with E-state index < -0.39 is 12.1 Å². The number of aryl methyl sites for hydroxylation is 1. The van der Waals surface area contributed by atoms with E-state index in [4.69, 9.17) is 0 Å². The summed E-state index contributed by atoms with van der Waals surface area (Å²) in [7, 11) is 0. The van der Waals surface area contributed by atoms with Gasteiger partial charge in [-0.1, -0.05) is 12.1 Å². The van der Waals surface area contributed by atoms with E-state index in [1.54, 1.807) is 0 Å². The number of rotatable bonds is 1. The zero-order valence-corrected chi connectivity index (χ0v) is 9.09. The molecule has 0 spiro atoms. The minimum absolute atomic E-state index is 0.0902. The van der Waals surface area contributed by atoms with Crippen LogP contribution in [0.25, 0.3) is 0 Å². The fraction of sp³-hybridized carbons (Fsp3) is 0.500. The van der Waals surface area contributed by atoms with Gasteiger partial charge in [-0.05, 0) is 31.0 Å². The molecule has 16 heavy (non-hydrogen) atoms. The first-order valence-corrected chi connectivity index (χ1v) is 5.35. The summed E-state index contributed by atoms with van der Waals surface area (Å²) in [5.41, 5.74) is 1.97. The molecule has 1 aromatic carbocycles. The molecule has 1 heterocycles. The van der Waals surface area contributed by atoms with E-state index in [1.165, 1.54) is 0 Å². The van der Waals surface area contributed by atoms with Gasteiger partial charge >= 0.3 is 6.18 Å². The van der Waals surface area contributed by atoms with Crippen molar-refractivity contribution in [1.82, 2.24) is 0 Å². The topological polar surface area (TPSA) is 3.24 Å². The van der Waals surface area contributed by atoms with Crippen LogP contribution in [0.4, 0.5) is 18.9 Å². The fourth-order valence-corrected chi connectivity index (χ4v) is 2.09. The molecule has 0 amide bonds. The lowest BCUT2D eigenvalue weighted by atomic mass is 10.1. The second-order valence-electron chi connectivity index (χ2n) is 4.31. The highest BCUT2D eigenvalue weighted by Crippen LogP contribution is 2.35. The van der Waals surface area contributed by atoms with Crippen LogP contribution in [0.1, 0.15) is 12.0 Å². The van der Waals surface area contributed by atoms with E-state index in [0.717, 1.165) is 11.3 Å². The Hall–Kier alpha value is -1.19. The van der Waals surface area contributed by atoms with Crippen LogP contribution in [0, 0.1) is 12.8 Å². The molecule has 0 aromatic heterocycles. The summed E-state index contributed by atoms with van der Waals surface area (Å²) in [5.74, 6) is -1.17. The minimum atomic E-state index is -4.06. The minimum Gasteiger partial charge on any atom is -0.371 e. The normalized spacial score (nSPS) is 21.5. The number of anilines is 1. The summed E-state index contributed by atoms with van der Waals surface area (Å²) in [6.45, 7) is 2.53. The van der Waals surface area contributed by atoms with Crippen LogP contribution in [0.15, 0.2) is 24.3 Å². The quantitative estimate of drug-likeness (QED) is 0.713. The molecular formula is C12H14F3N. The van der Waals surface area contributed by atoms with Crippen LogP contribution < -0.4 is 4.90 Å². The summed E-state index contributed by atoms with van der Waals surface area (Å²) in [6.07, 6.45) is -3.85. The Kier molecular flexibility index (Phi) is 2.82. The molecule has 0 saturated carbocycles. The van der Waals surface area contributed by atoms with Crippen LogP contribution in [0.5, 0.6) is 0 Å². The third kappa shape index (κ3) is 2.31. The molecule has 1 aromatic rings. The van der Waals surface area contributed by atoms with Gasteiger partial charge in [-0.25, -0.2) is 0 Å². The van der Waals surface area contributed by atoms with Gasteiger partial charge in [0.25, 0.3) is 0 Å². The summed E-state index contributed by atoms with van der Waals surface area (Å²) in [4.78, 5) is 1.81. The number of hydrogen-bond acceptors (Lipinski definition) is 1. The SMILES string of the molecule is Cc1cccc(N2CCC(C(F)(F)F)C2)c1. The molecule has 4 heteroatoms. The third-order valence-corrected chi connectivity index (χ3v) is 3.02. The molecule has 0 N–H and O–H groups in total. The first kappa shape index (κ1) is 11.3. The molecule has 0 bridgehead atoms. The number of benzene rings is 1. The third-order valence-electron chi connectivity index (χ3n) is 3.02. The monoisotopic (exact) mass is 229 g/mol. The van der Waals surface area contributed by atoms with Gasteiger partial charge in [0.2, 0.25) is 0 Å². The van der Waals surface area contributed by atoms with E-state index in [2.05, 4.69) is 0 Å². The standard InChI is InChI=1S/C12H14F3N/c1-9-3-2-4-11(7-9)16-6-5-10(8-16)12(13,14)15/h2-4,7,10H,5-6,8H2,1H3. The molecule has 1 unspecified atom stereocenters. The average Bonchev–Trinajstić information content (AvgIpc) is 2.65. The van der Waals surface area contributed by atoms with Gasteiger partial charge in [0, 0.05) is 18.8 Å². The van der Waals surface area contributed by atoms with Crippen molar-refractivity contribution in [2.45, 2.75) is 19.5 Å². The van der Waals surface area contributed by atoms with Crippen LogP contribution in [-0.2, 0) is 0 Å². The van der Waals surface area contributed by atoms with Gasteiger partial charge in [-0.3, -0.25) is 0 Å². The summed E-state index contributed by atoms with van der Waals surface area (Å²) < 4.78 is 37.5. The van der Waals surface area contributed by atoms with Crippen molar-refractivity contribution < 1.29 is 13.2 Å². The van der Waals surface area contributed by atoms with E-state index in [9.17, 15) is 13.2 Å². The molecule has 0 radical (unpaired) electrons. The van der Waals surface area contributed by atoms with Crippen molar-refractivity contribution in [2.75, 3.05) is 18.0 Å². The maximum absolute atomic E-state index is 12.5. The highest BCUT2D eigenvalue weighted by molar-refractivity contribution is 5.49. The van der Waals surface area contributed by atoms with Gasteiger partial charge in [-0.2, -0.15) is 13.2 Å². The van der Waals surface area contributed by atoms with Crippen molar-refractivity contribution in [3.05, 3.63) is 29.8 Å². The van der Waals surface area contributed by atoms with Crippen molar-refractivity contribution in [3.63, 3.8) is 0 Å². The number of alkyl halides is 3. The second kappa shape index (κ2) is 4.00. The highest BCUT2D eigenvalue weighted by atomic mass is 19.4.